The number of carbonyl (C=O) groups excluding carboxylic acids is 2. The third-order valence-corrected chi connectivity index (χ3v) is 4.10. The van der Waals surface area contributed by atoms with Crippen molar-refractivity contribution in [2.75, 3.05) is 13.2 Å². The van der Waals surface area contributed by atoms with E-state index < -0.39 is 17.2 Å². The molecule has 2 N–H and O–H groups in total. The molecule has 0 amide bonds. The summed E-state index contributed by atoms with van der Waals surface area (Å²) < 4.78 is 5.24. The van der Waals surface area contributed by atoms with Crippen molar-refractivity contribution in [2.24, 2.45) is 5.92 Å². The normalized spacial score (nSPS) is 29.7. The van der Waals surface area contributed by atoms with Crippen LogP contribution in [0.15, 0.2) is 11.3 Å². The van der Waals surface area contributed by atoms with Gasteiger partial charge in [-0.2, -0.15) is 0 Å². The van der Waals surface area contributed by atoms with Gasteiger partial charge in [0.2, 0.25) is 0 Å². The van der Waals surface area contributed by atoms with Crippen molar-refractivity contribution in [1.82, 2.24) is 0 Å². The van der Waals surface area contributed by atoms with E-state index in [-0.39, 0.29) is 36.5 Å². The lowest BCUT2D eigenvalue weighted by molar-refractivity contribution is -0.141. The highest BCUT2D eigenvalue weighted by molar-refractivity contribution is 6.22. The summed E-state index contributed by atoms with van der Waals surface area (Å²) in [6.07, 6.45) is 1.42. The zero-order valence-electron chi connectivity index (χ0n) is 11.1. The van der Waals surface area contributed by atoms with E-state index in [1.165, 1.54) is 0 Å². The van der Waals surface area contributed by atoms with Crippen molar-refractivity contribution in [3.05, 3.63) is 11.3 Å². The molecule has 0 spiro atoms. The number of hydrogen-bond donors (Lipinski definition) is 2. The topological polar surface area (TPSA) is 83.8 Å². The summed E-state index contributed by atoms with van der Waals surface area (Å²) in [5.41, 5.74) is -1.38. The molecule has 19 heavy (non-hydrogen) atoms. The van der Waals surface area contributed by atoms with Gasteiger partial charge in [0.1, 0.15) is 5.76 Å². The highest BCUT2D eigenvalue weighted by atomic mass is 16.5. The lowest BCUT2D eigenvalue weighted by Crippen LogP contribution is -2.48. The van der Waals surface area contributed by atoms with Crippen molar-refractivity contribution < 1.29 is 24.5 Å². The Labute approximate surface area is 112 Å². The molecule has 0 aromatic heterocycles. The fourth-order valence-electron chi connectivity index (χ4n) is 2.97. The first-order chi connectivity index (χ1) is 8.98. The predicted octanol–water partition coefficient (Wildman–Crippen LogP) is 1.30. The summed E-state index contributed by atoms with van der Waals surface area (Å²) >= 11 is 0. The Kier molecular flexibility index (Phi) is 4.06. The van der Waals surface area contributed by atoms with Crippen molar-refractivity contribution in [3.8, 4) is 0 Å². The molecule has 1 aliphatic carbocycles. The smallest absolute Gasteiger partial charge is 0.172 e. The van der Waals surface area contributed by atoms with E-state index in [9.17, 15) is 19.8 Å². The van der Waals surface area contributed by atoms with Gasteiger partial charge < -0.3 is 14.9 Å². The minimum Gasteiger partial charge on any atom is -0.511 e. The summed E-state index contributed by atoms with van der Waals surface area (Å²) in [4.78, 5) is 24.1. The zero-order valence-corrected chi connectivity index (χ0v) is 11.1. The van der Waals surface area contributed by atoms with E-state index in [0.29, 0.717) is 26.1 Å². The van der Waals surface area contributed by atoms with Gasteiger partial charge >= 0.3 is 0 Å². The Morgan fingerprint density at radius 1 is 1.26 bits per heavy atom. The molecule has 0 unspecified atom stereocenters. The third kappa shape index (κ3) is 2.72. The fourth-order valence-corrected chi connectivity index (χ4v) is 2.97. The van der Waals surface area contributed by atoms with Gasteiger partial charge in [0.05, 0.1) is 11.2 Å². The Hall–Kier alpha value is -1.20. The molecule has 106 valence electrons. The highest BCUT2D eigenvalue weighted by Gasteiger charge is 2.47. The highest BCUT2D eigenvalue weighted by Crippen LogP contribution is 2.38. The largest absolute Gasteiger partial charge is 0.511 e. The van der Waals surface area contributed by atoms with Gasteiger partial charge in [-0.15, -0.1) is 0 Å². The van der Waals surface area contributed by atoms with E-state index in [1.807, 2.05) is 0 Å². The van der Waals surface area contributed by atoms with Gasteiger partial charge in [-0.1, -0.05) is 6.92 Å². The maximum absolute atomic E-state index is 12.0. The van der Waals surface area contributed by atoms with Crippen LogP contribution in [0.5, 0.6) is 0 Å². The quantitative estimate of drug-likeness (QED) is 0.448. The van der Waals surface area contributed by atoms with E-state index in [1.54, 1.807) is 6.92 Å². The molecule has 0 aromatic carbocycles. The Balaban J connectivity index is 2.21. The van der Waals surface area contributed by atoms with Crippen LogP contribution in [-0.2, 0) is 14.3 Å². The second-order valence-corrected chi connectivity index (χ2v) is 5.37. The summed E-state index contributed by atoms with van der Waals surface area (Å²) in [5.74, 6) is -1.13. The maximum atomic E-state index is 12.0. The van der Waals surface area contributed by atoms with Crippen molar-refractivity contribution in [3.63, 3.8) is 0 Å². The van der Waals surface area contributed by atoms with E-state index in [2.05, 4.69) is 0 Å². The molecule has 2 rings (SSSR count). The number of rotatable bonds is 2. The molecule has 0 atom stereocenters. The average molecular weight is 268 g/mol. The van der Waals surface area contributed by atoms with Crippen LogP contribution in [-0.4, -0.2) is 40.6 Å². The van der Waals surface area contributed by atoms with Gasteiger partial charge in [0.25, 0.3) is 0 Å². The number of Topliss-reactive ketones (excluding diaryl/α,β-unsaturated/α-hetero) is 2. The summed E-state index contributed by atoms with van der Waals surface area (Å²) in [6, 6.07) is 0. The van der Waals surface area contributed by atoms with Crippen LogP contribution in [0.3, 0.4) is 0 Å². The second kappa shape index (κ2) is 5.43. The monoisotopic (exact) mass is 268 g/mol. The molecule has 0 bridgehead atoms. The Bertz CT molecular complexity index is 398. The van der Waals surface area contributed by atoms with Crippen molar-refractivity contribution >= 4 is 11.6 Å². The molecule has 2 aliphatic rings. The van der Waals surface area contributed by atoms with Gasteiger partial charge in [-0.3, -0.25) is 9.59 Å². The first kappa shape index (κ1) is 14.2. The van der Waals surface area contributed by atoms with Crippen LogP contribution in [0.2, 0.25) is 0 Å². The lowest BCUT2D eigenvalue weighted by atomic mass is 9.70. The molecular formula is C14H20O5. The summed E-state index contributed by atoms with van der Waals surface area (Å²) in [6.45, 7) is 2.79. The number of aliphatic hydroxyl groups is 2. The number of allylic oxidation sites excluding steroid dienone is 2. The molecule has 1 aliphatic heterocycles. The number of aliphatic hydroxyl groups excluding tert-OH is 1. The molecule has 0 aromatic rings. The lowest BCUT2D eigenvalue weighted by Gasteiger charge is -2.40. The zero-order chi connectivity index (χ0) is 14.0. The maximum Gasteiger partial charge on any atom is 0.172 e. The van der Waals surface area contributed by atoms with E-state index in [4.69, 9.17) is 4.74 Å². The molecule has 2 fully saturated rings. The first-order valence-electron chi connectivity index (χ1n) is 6.76. The molecule has 1 heterocycles. The van der Waals surface area contributed by atoms with Crippen molar-refractivity contribution in [1.29, 1.82) is 0 Å². The number of carbonyl (C=O) groups is 2. The summed E-state index contributed by atoms with van der Waals surface area (Å²) in [5, 5.41) is 20.2. The standard InChI is InChI=1S/C14H20O5/c1-2-10(15)13-11(16)7-14(18,8-12(13)17)9-3-5-19-6-4-9/h9,15,18H,2-8H2,1H3. The van der Waals surface area contributed by atoms with Crippen molar-refractivity contribution in [2.45, 2.75) is 44.6 Å². The van der Waals surface area contributed by atoms with Crippen LogP contribution >= 0.6 is 0 Å². The van der Waals surface area contributed by atoms with Gasteiger partial charge in [-0.25, -0.2) is 0 Å². The molecule has 5 heteroatoms. The minimum absolute atomic E-state index is 0.0806. The van der Waals surface area contributed by atoms with Crippen LogP contribution < -0.4 is 0 Å². The molecular weight excluding hydrogens is 248 g/mol. The second-order valence-electron chi connectivity index (χ2n) is 5.37. The Morgan fingerprint density at radius 3 is 2.26 bits per heavy atom. The average Bonchev–Trinajstić information content (AvgIpc) is 2.38. The van der Waals surface area contributed by atoms with Crippen LogP contribution in [0.1, 0.15) is 39.0 Å². The van der Waals surface area contributed by atoms with E-state index >= 15 is 0 Å². The first-order valence-corrected chi connectivity index (χ1v) is 6.76. The predicted molar refractivity (Wildman–Crippen MR) is 67.7 cm³/mol. The minimum atomic E-state index is -1.27. The molecule has 0 radical (unpaired) electrons. The number of ether oxygens (including phenoxy) is 1. The van der Waals surface area contributed by atoms with Gasteiger partial charge in [-0.05, 0) is 18.8 Å². The summed E-state index contributed by atoms with van der Waals surface area (Å²) in [7, 11) is 0. The SMILES string of the molecule is CCC(O)=C1C(=O)CC(O)(C2CCOCC2)CC1=O. The molecule has 1 saturated carbocycles. The van der Waals surface area contributed by atoms with Crippen LogP contribution in [0.4, 0.5) is 0 Å². The van der Waals surface area contributed by atoms with Gasteiger partial charge in [0.15, 0.2) is 11.6 Å². The molecule has 1 saturated heterocycles. The number of ketones is 2. The van der Waals surface area contributed by atoms with Crippen LogP contribution in [0, 0.1) is 5.92 Å². The fraction of sp³-hybridized carbons (Fsp3) is 0.714. The van der Waals surface area contributed by atoms with E-state index in [0.717, 1.165) is 0 Å². The third-order valence-electron chi connectivity index (χ3n) is 4.10. The van der Waals surface area contributed by atoms with Crippen LogP contribution in [0.25, 0.3) is 0 Å². The Morgan fingerprint density at radius 2 is 1.79 bits per heavy atom. The van der Waals surface area contributed by atoms with Gasteiger partial charge in [0, 0.05) is 32.5 Å². The molecule has 5 nitrogen and oxygen atoms in total. The number of hydrogen-bond acceptors (Lipinski definition) is 5.